The van der Waals surface area contributed by atoms with Crippen molar-refractivity contribution in [3.05, 3.63) is 36.4 Å². The predicted molar refractivity (Wildman–Crippen MR) is 69.7 cm³/mol. The van der Waals surface area contributed by atoms with Crippen LogP contribution < -0.4 is 5.32 Å². The zero-order chi connectivity index (χ0) is 13.8. The summed E-state index contributed by atoms with van der Waals surface area (Å²) in [6.45, 7) is 0. The number of hydrogen-bond donors (Lipinski definition) is 3. The van der Waals surface area contributed by atoms with Crippen molar-refractivity contribution >= 4 is 17.6 Å². The molecular formula is C14H15NO4. The van der Waals surface area contributed by atoms with Gasteiger partial charge in [0, 0.05) is 11.8 Å². The first kappa shape index (κ1) is 13.1. The third kappa shape index (κ3) is 3.13. The van der Waals surface area contributed by atoms with E-state index in [2.05, 4.69) is 5.32 Å². The van der Waals surface area contributed by atoms with Gasteiger partial charge in [-0.3, -0.25) is 9.59 Å². The van der Waals surface area contributed by atoms with Crippen LogP contribution in [-0.4, -0.2) is 22.1 Å². The molecule has 0 saturated carbocycles. The van der Waals surface area contributed by atoms with E-state index in [0.717, 1.165) is 0 Å². The fourth-order valence-corrected chi connectivity index (χ4v) is 2.20. The quantitative estimate of drug-likeness (QED) is 0.726. The smallest absolute Gasteiger partial charge is 0.307 e. The minimum Gasteiger partial charge on any atom is -0.508 e. The van der Waals surface area contributed by atoms with E-state index in [1.54, 1.807) is 18.2 Å². The van der Waals surface area contributed by atoms with Crippen molar-refractivity contribution in [3.63, 3.8) is 0 Å². The lowest BCUT2D eigenvalue weighted by atomic mass is 9.82. The van der Waals surface area contributed by atoms with E-state index < -0.39 is 17.8 Å². The molecule has 19 heavy (non-hydrogen) atoms. The Balaban J connectivity index is 2.10. The summed E-state index contributed by atoms with van der Waals surface area (Å²) in [5, 5.41) is 21.1. The summed E-state index contributed by atoms with van der Waals surface area (Å²) < 4.78 is 0. The van der Waals surface area contributed by atoms with E-state index in [4.69, 9.17) is 5.11 Å². The van der Waals surface area contributed by atoms with Crippen molar-refractivity contribution in [2.24, 2.45) is 11.8 Å². The fourth-order valence-electron chi connectivity index (χ4n) is 2.20. The van der Waals surface area contributed by atoms with Crippen LogP contribution in [0.2, 0.25) is 0 Å². The molecule has 0 fully saturated rings. The average molecular weight is 261 g/mol. The molecule has 2 atom stereocenters. The average Bonchev–Trinajstić information content (AvgIpc) is 2.38. The van der Waals surface area contributed by atoms with Crippen LogP contribution >= 0.6 is 0 Å². The van der Waals surface area contributed by atoms with Crippen LogP contribution in [0.3, 0.4) is 0 Å². The number of rotatable bonds is 3. The molecule has 0 aliphatic heterocycles. The predicted octanol–water partition coefficient (Wildman–Crippen LogP) is 2.00. The van der Waals surface area contributed by atoms with Gasteiger partial charge in [0.15, 0.2) is 0 Å². The Morgan fingerprint density at radius 2 is 1.84 bits per heavy atom. The van der Waals surface area contributed by atoms with Crippen LogP contribution in [0.25, 0.3) is 0 Å². The molecule has 0 aromatic heterocycles. The molecule has 0 spiro atoms. The van der Waals surface area contributed by atoms with Gasteiger partial charge in [-0.1, -0.05) is 18.2 Å². The van der Waals surface area contributed by atoms with Gasteiger partial charge in [-0.2, -0.15) is 0 Å². The van der Waals surface area contributed by atoms with E-state index in [-0.39, 0.29) is 11.7 Å². The highest BCUT2D eigenvalue weighted by Crippen LogP contribution is 2.27. The van der Waals surface area contributed by atoms with Crippen LogP contribution in [0.5, 0.6) is 5.75 Å². The molecule has 1 aromatic carbocycles. The minimum absolute atomic E-state index is 0.0520. The van der Waals surface area contributed by atoms with Crippen molar-refractivity contribution in [1.29, 1.82) is 0 Å². The molecule has 0 unspecified atom stereocenters. The lowest BCUT2D eigenvalue weighted by molar-refractivity contribution is -0.146. The first-order valence-corrected chi connectivity index (χ1v) is 6.05. The van der Waals surface area contributed by atoms with Crippen molar-refractivity contribution in [1.82, 2.24) is 0 Å². The normalized spacial score (nSPS) is 21.9. The summed E-state index contributed by atoms with van der Waals surface area (Å²) in [6, 6.07) is 6.18. The molecule has 1 aromatic rings. The molecule has 5 heteroatoms. The molecule has 3 N–H and O–H groups in total. The van der Waals surface area contributed by atoms with Crippen LogP contribution in [0, 0.1) is 11.8 Å². The molecule has 0 radical (unpaired) electrons. The monoisotopic (exact) mass is 261 g/mol. The maximum absolute atomic E-state index is 12.1. The number of phenols is 1. The fraction of sp³-hybridized carbons (Fsp3) is 0.286. The third-order valence-corrected chi connectivity index (χ3v) is 3.20. The molecule has 100 valence electrons. The van der Waals surface area contributed by atoms with Crippen molar-refractivity contribution in [2.75, 3.05) is 5.32 Å². The second-order valence-corrected chi connectivity index (χ2v) is 4.53. The van der Waals surface area contributed by atoms with Crippen molar-refractivity contribution < 1.29 is 19.8 Å². The SMILES string of the molecule is O=C(O)[C@@H]1CC=CC[C@H]1C(=O)Nc1cccc(O)c1. The first-order valence-electron chi connectivity index (χ1n) is 6.05. The molecule has 1 aliphatic carbocycles. The Morgan fingerprint density at radius 1 is 1.16 bits per heavy atom. The summed E-state index contributed by atoms with van der Waals surface area (Å²) in [5.41, 5.74) is 0.462. The van der Waals surface area contributed by atoms with E-state index in [0.29, 0.717) is 18.5 Å². The molecule has 1 amide bonds. The number of carbonyl (C=O) groups is 2. The molecule has 1 aliphatic rings. The summed E-state index contributed by atoms with van der Waals surface area (Å²) in [5.74, 6) is -2.51. The number of phenolic OH excluding ortho intramolecular Hbond substituents is 1. The standard InChI is InChI=1S/C14H15NO4/c16-10-5-3-4-9(8-10)15-13(17)11-6-1-2-7-12(11)14(18)19/h1-5,8,11-12,16H,6-7H2,(H,15,17)(H,18,19)/t11-,12-/m1/s1. The topological polar surface area (TPSA) is 86.6 Å². The van der Waals surface area contributed by atoms with Crippen LogP contribution in [-0.2, 0) is 9.59 Å². The number of benzene rings is 1. The largest absolute Gasteiger partial charge is 0.508 e. The van der Waals surface area contributed by atoms with E-state index in [9.17, 15) is 14.7 Å². The third-order valence-electron chi connectivity index (χ3n) is 3.20. The van der Waals surface area contributed by atoms with Crippen LogP contribution in [0.4, 0.5) is 5.69 Å². The Bertz CT molecular complexity index is 524. The highest BCUT2D eigenvalue weighted by molar-refractivity contribution is 5.95. The lowest BCUT2D eigenvalue weighted by Gasteiger charge is -2.24. The number of carboxylic acids is 1. The Morgan fingerprint density at radius 3 is 2.47 bits per heavy atom. The first-order chi connectivity index (χ1) is 9.08. The molecule has 0 heterocycles. The highest BCUT2D eigenvalue weighted by Gasteiger charge is 2.33. The zero-order valence-electron chi connectivity index (χ0n) is 10.2. The summed E-state index contributed by atoms with van der Waals surface area (Å²) in [4.78, 5) is 23.2. The molecule has 0 bridgehead atoms. The van der Waals surface area contributed by atoms with Gasteiger partial charge >= 0.3 is 5.97 Å². The molecule has 0 saturated heterocycles. The Hall–Kier alpha value is -2.30. The number of hydrogen-bond acceptors (Lipinski definition) is 3. The van der Waals surface area contributed by atoms with Gasteiger partial charge in [0.25, 0.3) is 0 Å². The van der Waals surface area contributed by atoms with Gasteiger partial charge in [-0.15, -0.1) is 0 Å². The molecular weight excluding hydrogens is 246 g/mol. The number of carbonyl (C=O) groups excluding carboxylic acids is 1. The Kier molecular flexibility index (Phi) is 3.85. The number of allylic oxidation sites excluding steroid dienone is 2. The Labute approximate surface area is 110 Å². The van der Waals surface area contributed by atoms with Crippen LogP contribution in [0.1, 0.15) is 12.8 Å². The van der Waals surface area contributed by atoms with Crippen molar-refractivity contribution in [3.8, 4) is 5.75 Å². The number of anilines is 1. The number of nitrogens with one attached hydrogen (secondary N) is 1. The van der Waals surface area contributed by atoms with Gasteiger partial charge < -0.3 is 15.5 Å². The second kappa shape index (κ2) is 5.56. The zero-order valence-corrected chi connectivity index (χ0v) is 10.2. The summed E-state index contributed by atoms with van der Waals surface area (Å²) in [7, 11) is 0. The van der Waals surface area contributed by atoms with Gasteiger partial charge in [0.1, 0.15) is 5.75 Å². The van der Waals surface area contributed by atoms with E-state index in [1.165, 1.54) is 12.1 Å². The van der Waals surface area contributed by atoms with E-state index in [1.807, 2.05) is 6.08 Å². The maximum atomic E-state index is 12.1. The van der Waals surface area contributed by atoms with E-state index >= 15 is 0 Å². The summed E-state index contributed by atoms with van der Waals surface area (Å²) >= 11 is 0. The van der Waals surface area contributed by atoms with Gasteiger partial charge in [0.05, 0.1) is 11.8 Å². The number of aliphatic carboxylic acids is 1. The number of amides is 1. The highest BCUT2D eigenvalue weighted by atomic mass is 16.4. The van der Waals surface area contributed by atoms with Gasteiger partial charge in [-0.05, 0) is 25.0 Å². The lowest BCUT2D eigenvalue weighted by Crippen LogP contribution is -2.34. The van der Waals surface area contributed by atoms with Crippen molar-refractivity contribution in [2.45, 2.75) is 12.8 Å². The number of carboxylic acid groups (broad SMARTS) is 1. The second-order valence-electron chi connectivity index (χ2n) is 4.53. The number of aromatic hydroxyl groups is 1. The minimum atomic E-state index is -0.958. The van der Waals surface area contributed by atoms with Gasteiger partial charge in [-0.25, -0.2) is 0 Å². The molecule has 5 nitrogen and oxygen atoms in total. The molecule has 2 rings (SSSR count). The maximum Gasteiger partial charge on any atom is 0.307 e. The van der Waals surface area contributed by atoms with Crippen LogP contribution in [0.15, 0.2) is 36.4 Å². The van der Waals surface area contributed by atoms with Gasteiger partial charge in [0.2, 0.25) is 5.91 Å². The summed E-state index contributed by atoms with van der Waals surface area (Å²) in [6.07, 6.45) is 4.40.